The molecule has 0 atom stereocenters. The number of para-hydroxylation sites is 1. The lowest BCUT2D eigenvalue weighted by atomic mass is 10.1. The van der Waals surface area contributed by atoms with Gasteiger partial charge in [-0.25, -0.2) is 4.79 Å². The quantitative estimate of drug-likeness (QED) is 0.291. The van der Waals surface area contributed by atoms with E-state index in [0.717, 1.165) is 24.4 Å². The van der Waals surface area contributed by atoms with E-state index in [-0.39, 0.29) is 22.8 Å². The Labute approximate surface area is 186 Å². The Kier molecular flexibility index (Phi) is 7.62. The number of rotatable bonds is 10. The molecule has 1 N–H and O–H groups in total. The first-order chi connectivity index (χ1) is 15.4. The Hall–Kier alpha value is -3.65. The highest BCUT2D eigenvalue weighted by atomic mass is 16.5. The van der Waals surface area contributed by atoms with E-state index in [4.69, 9.17) is 13.9 Å². The summed E-state index contributed by atoms with van der Waals surface area (Å²) in [6.45, 7) is 4.77. The van der Waals surface area contributed by atoms with Gasteiger partial charge in [0, 0.05) is 37.2 Å². The van der Waals surface area contributed by atoms with Crippen LogP contribution in [0.4, 0.5) is 5.69 Å². The Morgan fingerprint density at radius 3 is 2.56 bits per heavy atom. The Balaban J connectivity index is 1.66. The molecule has 3 rings (SSSR count). The van der Waals surface area contributed by atoms with Gasteiger partial charge in [-0.15, -0.1) is 0 Å². The van der Waals surface area contributed by atoms with Gasteiger partial charge in [-0.3, -0.25) is 9.59 Å². The fourth-order valence-electron chi connectivity index (χ4n) is 3.44. The molecule has 168 valence electrons. The molecule has 0 aliphatic rings. The zero-order valence-electron chi connectivity index (χ0n) is 18.3. The lowest BCUT2D eigenvalue weighted by Gasteiger charge is -2.11. The lowest BCUT2D eigenvalue weighted by molar-refractivity contribution is 0.0475. The molecule has 0 spiro atoms. The topological polar surface area (TPSA) is 99.8 Å². The van der Waals surface area contributed by atoms with Crippen LogP contribution in [0.1, 0.15) is 49.1 Å². The first kappa shape index (κ1) is 23.0. The van der Waals surface area contributed by atoms with Crippen LogP contribution in [0.15, 0.2) is 53.1 Å². The number of carbonyl (C=O) groups excluding carboxylic acids is 3. The number of carbonyl (C=O) groups is 3. The highest BCUT2D eigenvalue weighted by Crippen LogP contribution is 2.19. The van der Waals surface area contributed by atoms with Gasteiger partial charge in [-0.05, 0) is 50.6 Å². The van der Waals surface area contributed by atoms with E-state index >= 15 is 0 Å². The lowest BCUT2D eigenvalue weighted by Crippen LogP contribution is -2.18. The number of Topliss-reactive ketones (excluding diaryl/α,β-unsaturated/α-hetero) is 1. The van der Waals surface area contributed by atoms with Gasteiger partial charge in [-0.1, -0.05) is 12.1 Å². The minimum Gasteiger partial charge on any atom is -0.459 e. The van der Waals surface area contributed by atoms with E-state index in [2.05, 4.69) is 5.32 Å². The number of nitrogens with one attached hydrogen (secondary N) is 1. The van der Waals surface area contributed by atoms with Crippen LogP contribution >= 0.6 is 0 Å². The molecule has 0 aliphatic heterocycles. The summed E-state index contributed by atoms with van der Waals surface area (Å²) in [7, 11) is 1.65. The van der Waals surface area contributed by atoms with Gasteiger partial charge in [0.1, 0.15) is 0 Å². The second-order valence-corrected chi connectivity index (χ2v) is 7.26. The van der Waals surface area contributed by atoms with E-state index < -0.39 is 18.5 Å². The molecule has 0 unspecified atom stereocenters. The molecule has 0 aliphatic carbocycles. The molecule has 32 heavy (non-hydrogen) atoms. The van der Waals surface area contributed by atoms with Crippen molar-refractivity contribution in [3.8, 4) is 0 Å². The number of hydrogen-bond acceptors (Lipinski definition) is 6. The summed E-state index contributed by atoms with van der Waals surface area (Å²) < 4.78 is 17.5. The SMILES string of the molecule is COCCCn1c(C)cc(C(=O)COC(=O)c2ccccc2NC(=O)c2ccco2)c1C. The van der Waals surface area contributed by atoms with Crippen LogP contribution in [0.25, 0.3) is 0 Å². The first-order valence-electron chi connectivity index (χ1n) is 10.2. The van der Waals surface area contributed by atoms with Crippen LogP contribution < -0.4 is 5.32 Å². The van der Waals surface area contributed by atoms with E-state index in [1.165, 1.54) is 18.4 Å². The van der Waals surface area contributed by atoms with Crippen LogP contribution in [-0.2, 0) is 16.0 Å². The van der Waals surface area contributed by atoms with Crippen molar-refractivity contribution in [3.63, 3.8) is 0 Å². The number of methoxy groups -OCH3 is 1. The second kappa shape index (κ2) is 10.6. The first-order valence-corrected chi connectivity index (χ1v) is 10.2. The van der Waals surface area contributed by atoms with Crippen molar-refractivity contribution in [2.75, 3.05) is 25.6 Å². The second-order valence-electron chi connectivity index (χ2n) is 7.26. The molecule has 8 nitrogen and oxygen atoms in total. The van der Waals surface area contributed by atoms with Gasteiger partial charge in [0.25, 0.3) is 5.91 Å². The van der Waals surface area contributed by atoms with Gasteiger partial charge in [0.2, 0.25) is 5.78 Å². The molecule has 2 heterocycles. The van der Waals surface area contributed by atoms with Gasteiger partial charge >= 0.3 is 5.97 Å². The molecule has 3 aromatic rings. The summed E-state index contributed by atoms with van der Waals surface area (Å²) in [5.41, 5.74) is 2.71. The monoisotopic (exact) mass is 438 g/mol. The number of esters is 1. The van der Waals surface area contributed by atoms with Crippen molar-refractivity contribution in [2.24, 2.45) is 0 Å². The molecule has 1 aromatic carbocycles. The summed E-state index contributed by atoms with van der Waals surface area (Å²) in [4.78, 5) is 37.6. The van der Waals surface area contributed by atoms with E-state index in [0.29, 0.717) is 12.2 Å². The number of benzene rings is 1. The Bertz CT molecular complexity index is 1100. The molecular weight excluding hydrogens is 412 g/mol. The minimum absolute atomic E-state index is 0.115. The standard InChI is InChI=1S/C24H26N2O6/c1-16-14-19(17(2)26(16)11-7-12-30-3)21(27)15-32-24(29)18-8-4-5-9-20(18)25-23(28)22-10-6-13-31-22/h4-6,8-10,13-14H,7,11-12,15H2,1-3H3,(H,25,28). The maximum absolute atomic E-state index is 12.7. The zero-order chi connectivity index (χ0) is 23.1. The molecule has 1 amide bonds. The maximum atomic E-state index is 12.7. The third-order valence-corrected chi connectivity index (χ3v) is 5.08. The number of ketones is 1. The highest BCUT2D eigenvalue weighted by Gasteiger charge is 2.20. The van der Waals surface area contributed by atoms with Crippen LogP contribution in [0, 0.1) is 13.8 Å². The number of amides is 1. The molecule has 0 radical (unpaired) electrons. The number of nitrogens with zero attached hydrogens (tertiary/aromatic N) is 1. The summed E-state index contributed by atoms with van der Waals surface area (Å²) in [5.74, 6) is -1.37. The van der Waals surface area contributed by atoms with Crippen molar-refractivity contribution in [1.29, 1.82) is 0 Å². The number of hydrogen-bond donors (Lipinski definition) is 1. The molecule has 0 saturated heterocycles. The average Bonchev–Trinajstić information content (AvgIpc) is 3.42. The molecule has 2 aromatic heterocycles. The average molecular weight is 438 g/mol. The fraction of sp³-hybridized carbons (Fsp3) is 0.292. The summed E-state index contributed by atoms with van der Waals surface area (Å²) in [6, 6.07) is 11.3. The number of ether oxygens (including phenoxy) is 2. The van der Waals surface area contributed by atoms with Crippen LogP contribution in [-0.4, -0.2) is 42.6 Å². The van der Waals surface area contributed by atoms with Crippen LogP contribution in [0.2, 0.25) is 0 Å². The Morgan fingerprint density at radius 1 is 1.06 bits per heavy atom. The predicted octanol–water partition coefficient (Wildman–Crippen LogP) is 4.03. The van der Waals surface area contributed by atoms with Gasteiger partial charge in [0.05, 0.1) is 17.5 Å². The van der Waals surface area contributed by atoms with Crippen molar-refractivity contribution in [1.82, 2.24) is 4.57 Å². The molecule has 0 fully saturated rings. The van der Waals surface area contributed by atoms with Gasteiger partial charge in [-0.2, -0.15) is 0 Å². The smallest absolute Gasteiger partial charge is 0.340 e. The molecule has 0 saturated carbocycles. The number of anilines is 1. The molecule has 8 heteroatoms. The van der Waals surface area contributed by atoms with Gasteiger partial charge < -0.3 is 23.8 Å². The molecular formula is C24H26N2O6. The van der Waals surface area contributed by atoms with Crippen molar-refractivity contribution < 1.29 is 28.3 Å². The predicted molar refractivity (Wildman–Crippen MR) is 118 cm³/mol. The van der Waals surface area contributed by atoms with E-state index in [9.17, 15) is 14.4 Å². The van der Waals surface area contributed by atoms with Crippen LogP contribution in [0.3, 0.4) is 0 Å². The van der Waals surface area contributed by atoms with Crippen molar-refractivity contribution >= 4 is 23.3 Å². The van der Waals surface area contributed by atoms with Crippen molar-refractivity contribution in [2.45, 2.75) is 26.8 Å². The fourth-order valence-corrected chi connectivity index (χ4v) is 3.44. The minimum atomic E-state index is -0.706. The number of aryl methyl sites for hydroxylation is 1. The molecule has 0 bridgehead atoms. The summed E-state index contributed by atoms with van der Waals surface area (Å²) in [6.07, 6.45) is 2.21. The van der Waals surface area contributed by atoms with Crippen molar-refractivity contribution in [3.05, 3.63) is 77.0 Å². The maximum Gasteiger partial charge on any atom is 0.340 e. The summed E-state index contributed by atoms with van der Waals surface area (Å²) >= 11 is 0. The van der Waals surface area contributed by atoms with E-state index in [1.54, 1.807) is 37.4 Å². The number of furan rings is 1. The zero-order valence-corrected chi connectivity index (χ0v) is 18.3. The summed E-state index contributed by atoms with van der Waals surface area (Å²) in [5, 5.41) is 2.63. The largest absolute Gasteiger partial charge is 0.459 e. The number of aromatic nitrogens is 1. The normalized spacial score (nSPS) is 10.7. The van der Waals surface area contributed by atoms with Gasteiger partial charge in [0.15, 0.2) is 12.4 Å². The van der Waals surface area contributed by atoms with Crippen LogP contribution in [0.5, 0.6) is 0 Å². The Morgan fingerprint density at radius 2 is 1.84 bits per heavy atom. The highest BCUT2D eigenvalue weighted by molar-refractivity contribution is 6.07. The third-order valence-electron chi connectivity index (χ3n) is 5.08. The van der Waals surface area contributed by atoms with E-state index in [1.807, 2.05) is 18.4 Å². The third kappa shape index (κ3) is 5.33.